The topological polar surface area (TPSA) is 99.4 Å². The Morgan fingerprint density at radius 2 is 1.92 bits per heavy atom. The zero-order valence-electron chi connectivity index (χ0n) is 13.2. The van der Waals surface area contributed by atoms with Crippen LogP contribution in [0.4, 0.5) is 5.69 Å². The molecule has 0 aliphatic heterocycles. The van der Waals surface area contributed by atoms with Crippen LogP contribution in [0.2, 0.25) is 0 Å². The number of carbonyl (C=O) groups is 1. The summed E-state index contributed by atoms with van der Waals surface area (Å²) in [4.78, 5) is 20.1. The van der Waals surface area contributed by atoms with Gasteiger partial charge in [0.15, 0.2) is 17.2 Å². The van der Waals surface area contributed by atoms with E-state index in [2.05, 4.69) is 15.3 Å². The number of nitrogens with one attached hydrogen (secondary N) is 1. The molecular formula is C17H16N4O3. The van der Waals surface area contributed by atoms with Gasteiger partial charge in [0.25, 0.3) is 5.91 Å². The number of ether oxygens (including phenoxy) is 2. The van der Waals surface area contributed by atoms with E-state index in [1.165, 1.54) is 7.11 Å². The Morgan fingerprint density at radius 3 is 2.54 bits per heavy atom. The molecule has 24 heavy (non-hydrogen) atoms. The van der Waals surface area contributed by atoms with Crippen LogP contribution in [0.3, 0.4) is 0 Å². The second-order valence-electron chi connectivity index (χ2n) is 4.96. The van der Waals surface area contributed by atoms with Gasteiger partial charge in [-0.15, -0.1) is 0 Å². The predicted octanol–water partition coefficient (Wildman–Crippen LogP) is 2.57. The van der Waals surface area contributed by atoms with Crippen molar-refractivity contribution in [1.29, 1.82) is 0 Å². The first kappa shape index (κ1) is 15.5. The summed E-state index contributed by atoms with van der Waals surface area (Å²) in [6.45, 7) is 0. The van der Waals surface area contributed by atoms with Gasteiger partial charge in [-0.1, -0.05) is 0 Å². The quantitative estimate of drug-likeness (QED) is 0.748. The fourth-order valence-electron chi connectivity index (χ4n) is 2.26. The summed E-state index contributed by atoms with van der Waals surface area (Å²) >= 11 is 0. The van der Waals surface area contributed by atoms with Gasteiger partial charge in [0, 0.05) is 31.1 Å². The highest BCUT2D eigenvalue weighted by Gasteiger charge is 2.16. The van der Waals surface area contributed by atoms with E-state index in [9.17, 15) is 4.79 Å². The second-order valence-corrected chi connectivity index (χ2v) is 4.96. The number of rotatable bonds is 5. The van der Waals surface area contributed by atoms with E-state index < -0.39 is 5.91 Å². The Bertz CT molecular complexity index is 894. The van der Waals surface area contributed by atoms with Gasteiger partial charge in [0.2, 0.25) is 0 Å². The maximum absolute atomic E-state index is 11.6. The SMILES string of the molecule is CNc1ccc(Oc2ccnc3cc(OC)c(C(N)=O)nc23)cc1. The minimum atomic E-state index is -0.679. The van der Waals surface area contributed by atoms with Crippen molar-refractivity contribution in [3.05, 3.63) is 48.3 Å². The summed E-state index contributed by atoms with van der Waals surface area (Å²) in [6.07, 6.45) is 1.60. The van der Waals surface area contributed by atoms with Gasteiger partial charge in [-0.05, 0) is 24.3 Å². The maximum Gasteiger partial charge on any atom is 0.271 e. The molecule has 1 aromatic carbocycles. The van der Waals surface area contributed by atoms with Gasteiger partial charge in [-0.2, -0.15) is 0 Å². The van der Waals surface area contributed by atoms with E-state index in [-0.39, 0.29) is 11.4 Å². The van der Waals surface area contributed by atoms with Crippen molar-refractivity contribution < 1.29 is 14.3 Å². The van der Waals surface area contributed by atoms with E-state index >= 15 is 0 Å². The van der Waals surface area contributed by atoms with Crippen LogP contribution < -0.4 is 20.5 Å². The third-order valence-corrected chi connectivity index (χ3v) is 3.46. The highest BCUT2D eigenvalue weighted by atomic mass is 16.5. The molecule has 0 unspecified atom stereocenters. The van der Waals surface area contributed by atoms with Crippen molar-refractivity contribution in [3.8, 4) is 17.2 Å². The summed E-state index contributed by atoms with van der Waals surface area (Å²) in [7, 11) is 3.29. The van der Waals surface area contributed by atoms with E-state index in [1.807, 2.05) is 31.3 Å². The number of carbonyl (C=O) groups excluding carboxylic acids is 1. The monoisotopic (exact) mass is 324 g/mol. The van der Waals surface area contributed by atoms with E-state index in [4.69, 9.17) is 15.2 Å². The zero-order valence-corrected chi connectivity index (χ0v) is 13.2. The van der Waals surface area contributed by atoms with Crippen molar-refractivity contribution in [1.82, 2.24) is 9.97 Å². The maximum atomic E-state index is 11.6. The largest absolute Gasteiger partial charge is 0.494 e. The molecule has 0 spiro atoms. The zero-order chi connectivity index (χ0) is 17.1. The molecule has 0 saturated heterocycles. The standard InChI is InChI=1S/C17H16N4O3/c1-19-10-3-5-11(6-4-10)24-13-7-8-20-12-9-14(23-2)16(17(18)22)21-15(12)13/h3-9,19H,1-2H3,(H2,18,22). The van der Waals surface area contributed by atoms with Crippen molar-refractivity contribution in [2.45, 2.75) is 0 Å². The lowest BCUT2D eigenvalue weighted by molar-refractivity contribution is 0.0993. The van der Waals surface area contributed by atoms with Gasteiger partial charge in [-0.25, -0.2) is 4.98 Å². The van der Waals surface area contributed by atoms with Crippen LogP contribution in [-0.4, -0.2) is 30.0 Å². The summed E-state index contributed by atoms with van der Waals surface area (Å²) in [5.41, 5.74) is 7.35. The molecule has 0 aliphatic rings. The first-order chi connectivity index (χ1) is 11.6. The highest BCUT2D eigenvalue weighted by molar-refractivity contribution is 5.97. The smallest absolute Gasteiger partial charge is 0.271 e. The number of nitrogens with two attached hydrogens (primary N) is 1. The van der Waals surface area contributed by atoms with Gasteiger partial charge >= 0.3 is 0 Å². The predicted molar refractivity (Wildman–Crippen MR) is 90.7 cm³/mol. The summed E-state index contributed by atoms with van der Waals surface area (Å²) in [5.74, 6) is 0.710. The number of nitrogens with zero attached hydrogens (tertiary/aromatic N) is 2. The Balaban J connectivity index is 2.06. The van der Waals surface area contributed by atoms with Crippen molar-refractivity contribution in [2.24, 2.45) is 5.73 Å². The Kier molecular flexibility index (Phi) is 4.15. The first-order valence-electron chi connectivity index (χ1n) is 7.21. The molecule has 3 rings (SSSR count). The lowest BCUT2D eigenvalue weighted by Crippen LogP contribution is -2.15. The molecule has 0 atom stereocenters. The minimum Gasteiger partial charge on any atom is -0.494 e. The number of pyridine rings is 2. The first-order valence-corrected chi connectivity index (χ1v) is 7.21. The van der Waals surface area contributed by atoms with Crippen molar-refractivity contribution >= 4 is 22.6 Å². The van der Waals surface area contributed by atoms with Crippen LogP contribution >= 0.6 is 0 Å². The number of anilines is 1. The molecule has 2 aromatic heterocycles. The van der Waals surface area contributed by atoms with Gasteiger partial charge in [-0.3, -0.25) is 9.78 Å². The van der Waals surface area contributed by atoms with E-state index in [1.54, 1.807) is 18.3 Å². The number of fused-ring (bicyclic) bond motifs is 1. The second kappa shape index (κ2) is 6.41. The van der Waals surface area contributed by atoms with Crippen LogP contribution in [0.5, 0.6) is 17.2 Å². The molecule has 7 heteroatoms. The van der Waals surface area contributed by atoms with Crippen LogP contribution in [-0.2, 0) is 0 Å². The number of hydrogen-bond acceptors (Lipinski definition) is 6. The molecule has 0 aliphatic carbocycles. The number of amides is 1. The van der Waals surface area contributed by atoms with Crippen LogP contribution in [0.1, 0.15) is 10.5 Å². The van der Waals surface area contributed by atoms with Crippen molar-refractivity contribution in [2.75, 3.05) is 19.5 Å². The molecule has 0 radical (unpaired) electrons. The molecule has 122 valence electrons. The van der Waals surface area contributed by atoms with Crippen molar-refractivity contribution in [3.63, 3.8) is 0 Å². The molecule has 7 nitrogen and oxygen atoms in total. The molecule has 3 aromatic rings. The normalized spacial score (nSPS) is 10.4. The number of benzene rings is 1. The van der Waals surface area contributed by atoms with Gasteiger partial charge in [0.1, 0.15) is 11.3 Å². The highest BCUT2D eigenvalue weighted by Crippen LogP contribution is 2.31. The molecule has 1 amide bonds. The summed E-state index contributed by atoms with van der Waals surface area (Å²) < 4.78 is 11.0. The third kappa shape index (κ3) is 2.91. The Hall–Kier alpha value is -3.35. The molecule has 0 fully saturated rings. The molecule has 0 bridgehead atoms. The lowest BCUT2D eigenvalue weighted by atomic mass is 10.2. The fourth-order valence-corrected chi connectivity index (χ4v) is 2.26. The number of primary amides is 1. The average Bonchev–Trinajstić information content (AvgIpc) is 2.61. The summed E-state index contributed by atoms with van der Waals surface area (Å²) in [5, 5.41) is 3.04. The van der Waals surface area contributed by atoms with E-state index in [0.717, 1.165) is 5.69 Å². The molecule has 2 heterocycles. The van der Waals surface area contributed by atoms with Gasteiger partial charge < -0.3 is 20.5 Å². The fraction of sp³-hybridized carbons (Fsp3) is 0.118. The molecule has 3 N–H and O–H groups in total. The summed E-state index contributed by atoms with van der Waals surface area (Å²) in [6, 6.07) is 10.7. The Morgan fingerprint density at radius 1 is 1.17 bits per heavy atom. The number of methoxy groups -OCH3 is 1. The third-order valence-electron chi connectivity index (χ3n) is 3.46. The number of aromatic nitrogens is 2. The average molecular weight is 324 g/mol. The van der Waals surface area contributed by atoms with E-state index in [0.29, 0.717) is 22.5 Å². The lowest BCUT2D eigenvalue weighted by Gasteiger charge is -2.11. The Labute approximate surface area is 138 Å². The minimum absolute atomic E-state index is 0.0355. The number of hydrogen-bond donors (Lipinski definition) is 2. The van der Waals surface area contributed by atoms with Crippen LogP contribution in [0.15, 0.2) is 42.6 Å². The van der Waals surface area contributed by atoms with Crippen LogP contribution in [0.25, 0.3) is 11.0 Å². The van der Waals surface area contributed by atoms with Gasteiger partial charge in [0.05, 0.1) is 12.6 Å². The molecule has 0 saturated carbocycles. The van der Waals surface area contributed by atoms with Crippen LogP contribution in [0, 0.1) is 0 Å². The molecular weight excluding hydrogens is 308 g/mol.